The van der Waals surface area contributed by atoms with Crippen molar-refractivity contribution < 1.29 is 4.74 Å². The summed E-state index contributed by atoms with van der Waals surface area (Å²) in [5, 5.41) is 1.21. The summed E-state index contributed by atoms with van der Waals surface area (Å²) in [4.78, 5) is 8.34. The Morgan fingerprint density at radius 1 is 0.724 bits per heavy atom. The van der Waals surface area contributed by atoms with Crippen LogP contribution >= 0.6 is 23.2 Å². The Bertz CT molecular complexity index is 1040. The average Bonchev–Trinajstić information content (AvgIpc) is 2.76. The minimum absolute atomic E-state index is 0.393. The lowest BCUT2D eigenvalue weighted by Crippen LogP contribution is -2.00. The van der Waals surface area contributed by atoms with E-state index in [2.05, 4.69) is 34.2 Å². The molecule has 144 valence electrons. The van der Waals surface area contributed by atoms with Gasteiger partial charge in [0.25, 0.3) is 0 Å². The maximum absolute atomic E-state index is 6.28. The molecule has 3 nitrogen and oxygen atoms in total. The largest absolute Gasteiger partial charge is 0.372 e. The van der Waals surface area contributed by atoms with Gasteiger partial charge in [0.1, 0.15) is 6.33 Å². The zero-order valence-corrected chi connectivity index (χ0v) is 17.1. The van der Waals surface area contributed by atoms with Crippen LogP contribution in [0, 0.1) is 0 Å². The molecule has 0 bridgehead atoms. The van der Waals surface area contributed by atoms with Gasteiger partial charge in [0, 0.05) is 28.0 Å². The van der Waals surface area contributed by atoms with E-state index >= 15 is 0 Å². The quantitative estimate of drug-likeness (QED) is 0.342. The van der Waals surface area contributed by atoms with E-state index in [1.165, 1.54) is 6.33 Å². The van der Waals surface area contributed by atoms with Crippen LogP contribution in [0.25, 0.3) is 22.3 Å². The van der Waals surface area contributed by atoms with Gasteiger partial charge in [-0.15, -0.1) is 0 Å². The second-order valence-electron chi connectivity index (χ2n) is 6.55. The number of hydrogen-bond acceptors (Lipinski definition) is 3. The Balaban J connectivity index is 1.68. The summed E-state index contributed by atoms with van der Waals surface area (Å²) in [5.41, 5.74) is 6.24. The van der Waals surface area contributed by atoms with E-state index in [9.17, 15) is 0 Å². The van der Waals surface area contributed by atoms with E-state index in [1.807, 2.05) is 48.8 Å². The first-order valence-electron chi connectivity index (χ1n) is 9.17. The van der Waals surface area contributed by atoms with Crippen LogP contribution in [-0.2, 0) is 18.0 Å². The third kappa shape index (κ3) is 4.65. The van der Waals surface area contributed by atoms with Crippen LogP contribution in [0.2, 0.25) is 10.0 Å². The summed E-state index contributed by atoms with van der Waals surface area (Å²) in [6.07, 6.45) is 5.16. The van der Waals surface area contributed by atoms with Gasteiger partial charge in [0.2, 0.25) is 0 Å². The van der Waals surface area contributed by atoms with Crippen LogP contribution in [0.1, 0.15) is 11.1 Å². The fourth-order valence-corrected chi connectivity index (χ4v) is 3.70. The Kier molecular flexibility index (Phi) is 6.20. The van der Waals surface area contributed by atoms with Crippen LogP contribution in [-0.4, -0.2) is 9.97 Å². The number of halogens is 2. The number of aromatic nitrogens is 2. The molecule has 29 heavy (non-hydrogen) atoms. The molecule has 4 rings (SSSR count). The molecule has 0 unspecified atom stereocenters. The SMILES string of the molecule is Clc1ccc(COCc2c(-c3ccccc3)cccc2-c2cncnc2)c(Cl)c1. The standard InChI is InChI=1S/C24H18Cl2N2O/c25-20-10-9-18(24(26)11-20)14-29-15-23-21(17-5-2-1-3-6-17)7-4-8-22(23)19-12-27-16-28-13-19/h1-13,16H,14-15H2. The summed E-state index contributed by atoms with van der Waals surface area (Å²) in [6.45, 7) is 0.818. The maximum atomic E-state index is 6.28. The molecule has 0 spiro atoms. The molecule has 0 saturated heterocycles. The van der Waals surface area contributed by atoms with E-state index in [1.54, 1.807) is 6.07 Å². The predicted molar refractivity (Wildman–Crippen MR) is 118 cm³/mol. The molecular weight excluding hydrogens is 403 g/mol. The molecule has 0 aliphatic carbocycles. The molecule has 3 aromatic carbocycles. The summed E-state index contributed by atoms with van der Waals surface area (Å²) in [5.74, 6) is 0. The molecule has 0 atom stereocenters. The van der Waals surface area contributed by atoms with Gasteiger partial charge in [-0.2, -0.15) is 0 Å². The number of ether oxygens (including phenoxy) is 1. The van der Waals surface area contributed by atoms with Gasteiger partial charge in [0.05, 0.1) is 13.2 Å². The van der Waals surface area contributed by atoms with Crippen LogP contribution < -0.4 is 0 Å². The van der Waals surface area contributed by atoms with E-state index < -0.39 is 0 Å². The zero-order chi connectivity index (χ0) is 20.1. The van der Waals surface area contributed by atoms with Crippen molar-refractivity contribution in [3.8, 4) is 22.3 Å². The van der Waals surface area contributed by atoms with Gasteiger partial charge in [0.15, 0.2) is 0 Å². The van der Waals surface area contributed by atoms with Crippen molar-refractivity contribution in [3.05, 3.63) is 107 Å². The summed E-state index contributed by atoms with van der Waals surface area (Å²) in [6, 6.07) is 21.9. The summed E-state index contributed by atoms with van der Waals surface area (Å²) < 4.78 is 6.08. The summed E-state index contributed by atoms with van der Waals surface area (Å²) in [7, 11) is 0. The lowest BCUT2D eigenvalue weighted by Gasteiger charge is -2.16. The first-order valence-corrected chi connectivity index (χ1v) is 9.92. The fourth-order valence-electron chi connectivity index (χ4n) is 3.24. The third-order valence-electron chi connectivity index (χ3n) is 4.65. The molecule has 0 fully saturated rings. The van der Waals surface area contributed by atoms with Crippen molar-refractivity contribution in [1.82, 2.24) is 9.97 Å². The van der Waals surface area contributed by atoms with Gasteiger partial charge >= 0.3 is 0 Å². The second-order valence-corrected chi connectivity index (χ2v) is 7.40. The number of hydrogen-bond donors (Lipinski definition) is 0. The molecular formula is C24H18Cl2N2O. The summed E-state index contributed by atoms with van der Waals surface area (Å²) >= 11 is 12.3. The topological polar surface area (TPSA) is 35.0 Å². The van der Waals surface area contributed by atoms with Crippen molar-refractivity contribution in [1.29, 1.82) is 0 Å². The van der Waals surface area contributed by atoms with Crippen molar-refractivity contribution in [2.45, 2.75) is 13.2 Å². The second kappa shape index (κ2) is 9.19. The Labute approximate surface area is 179 Å². The fraction of sp³-hybridized carbons (Fsp3) is 0.0833. The smallest absolute Gasteiger partial charge is 0.115 e. The normalized spacial score (nSPS) is 10.8. The molecule has 0 radical (unpaired) electrons. The highest BCUT2D eigenvalue weighted by atomic mass is 35.5. The zero-order valence-electron chi connectivity index (χ0n) is 15.6. The lowest BCUT2D eigenvalue weighted by atomic mass is 9.93. The van der Waals surface area contributed by atoms with Gasteiger partial charge < -0.3 is 4.74 Å². The number of nitrogens with zero attached hydrogens (tertiary/aromatic N) is 2. The van der Waals surface area contributed by atoms with Crippen molar-refractivity contribution >= 4 is 23.2 Å². The molecule has 1 aromatic heterocycles. The minimum Gasteiger partial charge on any atom is -0.372 e. The molecule has 0 amide bonds. The first-order chi connectivity index (χ1) is 14.2. The molecule has 0 saturated carbocycles. The molecule has 0 N–H and O–H groups in total. The highest BCUT2D eigenvalue weighted by Crippen LogP contribution is 2.33. The van der Waals surface area contributed by atoms with Crippen molar-refractivity contribution in [2.24, 2.45) is 0 Å². The lowest BCUT2D eigenvalue weighted by molar-refractivity contribution is 0.108. The van der Waals surface area contributed by atoms with E-state index in [-0.39, 0.29) is 0 Å². The molecule has 0 aliphatic rings. The van der Waals surface area contributed by atoms with E-state index in [4.69, 9.17) is 27.9 Å². The molecule has 1 heterocycles. The monoisotopic (exact) mass is 420 g/mol. The number of benzene rings is 3. The van der Waals surface area contributed by atoms with Gasteiger partial charge in [-0.05, 0) is 39.9 Å². The Morgan fingerprint density at radius 3 is 2.17 bits per heavy atom. The molecule has 5 heteroatoms. The van der Waals surface area contributed by atoms with Gasteiger partial charge in [-0.25, -0.2) is 9.97 Å². The van der Waals surface area contributed by atoms with Crippen LogP contribution in [0.4, 0.5) is 0 Å². The van der Waals surface area contributed by atoms with Crippen molar-refractivity contribution in [2.75, 3.05) is 0 Å². The average molecular weight is 421 g/mol. The van der Waals surface area contributed by atoms with Crippen molar-refractivity contribution in [3.63, 3.8) is 0 Å². The third-order valence-corrected chi connectivity index (χ3v) is 5.24. The minimum atomic E-state index is 0.393. The number of rotatable bonds is 6. The van der Waals surface area contributed by atoms with Crippen LogP contribution in [0.5, 0.6) is 0 Å². The Morgan fingerprint density at radius 2 is 1.45 bits per heavy atom. The highest BCUT2D eigenvalue weighted by Gasteiger charge is 2.13. The van der Waals surface area contributed by atoms with E-state index in [0.29, 0.717) is 23.3 Å². The highest BCUT2D eigenvalue weighted by molar-refractivity contribution is 6.35. The molecule has 0 aliphatic heterocycles. The van der Waals surface area contributed by atoms with E-state index in [0.717, 1.165) is 33.4 Å². The molecule has 4 aromatic rings. The van der Waals surface area contributed by atoms with Crippen LogP contribution in [0.3, 0.4) is 0 Å². The van der Waals surface area contributed by atoms with Crippen LogP contribution in [0.15, 0.2) is 85.5 Å². The van der Waals surface area contributed by atoms with Gasteiger partial charge in [-0.3, -0.25) is 0 Å². The Hall–Kier alpha value is -2.72. The predicted octanol–water partition coefficient (Wildman–Crippen LogP) is 6.83. The first kappa shape index (κ1) is 19.6. The van der Waals surface area contributed by atoms with Gasteiger partial charge in [-0.1, -0.05) is 77.8 Å². The maximum Gasteiger partial charge on any atom is 0.115 e.